The molecule has 0 amide bonds. The highest BCUT2D eigenvalue weighted by Crippen LogP contribution is 2.18. The molecule has 1 aromatic heterocycles. The number of benzene rings is 1. The summed E-state index contributed by atoms with van der Waals surface area (Å²) >= 11 is 0. The molecule has 9 nitrogen and oxygen atoms in total. The Hall–Kier alpha value is -2.75. The summed E-state index contributed by atoms with van der Waals surface area (Å²) in [5, 5.41) is 11.1. The third-order valence-corrected chi connectivity index (χ3v) is 3.69. The summed E-state index contributed by atoms with van der Waals surface area (Å²) in [5.41, 5.74) is 5.62. The van der Waals surface area contributed by atoms with Gasteiger partial charge >= 0.3 is 0 Å². The second-order valence-electron chi connectivity index (χ2n) is 3.93. The fourth-order valence-electron chi connectivity index (χ4n) is 1.41. The third kappa shape index (κ3) is 3.86. The molecule has 0 radical (unpaired) electrons. The molecule has 112 valence electrons. The number of nitrogens with zero attached hydrogens (tertiary/aromatic N) is 2. The number of nitrogens with one attached hydrogen (secondary N) is 2. The van der Waals surface area contributed by atoms with Crippen LogP contribution in [0.3, 0.4) is 0 Å². The number of imidazole rings is 1. The number of H-pyrrole nitrogens is 1. The van der Waals surface area contributed by atoms with Crippen LogP contribution >= 0.6 is 0 Å². The highest BCUT2D eigenvalue weighted by Gasteiger charge is 2.15. The first-order chi connectivity index (χ1) is 10.0. The SMILES string of the molecule is NC(COc1ccc(NS(=O)(=O)c2cnc[nH]2)cc1)=NO. The molecule has 0 bridgehead atoms. The number of amidine groups is 1. The lowest BCUT2D eigenvalue weighted by Gasteiger charge is -2.08. The summed E-state index contributed by atoms with van der Waals surface area (Å²) < 4.78 is 31.4. The number of sulfonamides is 1. The van der Waals surface area contributed by atoms with E-state index in [1.165, 1.54) is 24.7 Å². The average Bonchev–Trinajstić information content (AvgIpc) is 3.01. The van der Waals surface area contributed by atoms with Crippen LogP contribution in [0.4, 0.5) is 5.69 Å². The predicted octanol–water partition coefficient (Wildman–Crippen LogP) is 0.336. The Morgan fingerprint density at radius 3 is 2.71 bits per heavy atom. The van der Waals surface area contributed by atoms with Gasteiger partial charge in [0.15, 0.2) is 10.9 Å². The lowest BCUT2D eigenvalue weighted by atomic mass is 10.3. The maximum absolute atomic E-state index is 11.9. The van der Waals surface area contributed by atoms with Crippen molar-refractivity contribution in [1.29, 1.82) is 0 Å². The largest absolute Gasteiger partial charge is 0.486 e. The molecule has 0 aliphatic rings. The van der Waals surface area contributed by atoms with Gasteiger partial charge in [0.1, 0.15) is 12.4 Å². The van der Waals surface area contributed by atoms with Crippen LogP contribution in [0.2, 0.25) is 0 Å². The van der Waals surface area contributed by atoms with E-state index in [1.807, 2.05) is 0 Å². The Labute approximate surface area is 120 Å². The molecular weight excluding hydrogens is 298 g/mol. The summed E-state index contributed by atoms with van der Waals surface area (Å²) in [5.74, 6) is 0.380. The van der Waals surface area contributed by atoms with Gasteiger partial charge in [0, 0.05) is 5.69 Å². The Kier molecular flexibility index (Phi) is 4.28. The lowest BCUT2D eigenvalue weighted by Crippen LogP contribution is -2.20. The second-order valence-corrected chi connectivity index (χ2v) is 5.58. The summed E-state index contributed by atoms with van der Waals surface area (Å²) in [6, 6.07) is 6.15. The van der Waals surface area contributed by atoms with Crippen LogP contribution in [0.25, 0.3) is 0 Å². The summed E-state index contributed by atoms with van der Waals surface area (Å²) in [6.45, 7) is -0.0737. The van der Waals surface area contributed by atoms with Crippen molar-refractivity contribution in [3.05, 3.63) is 36.8 Å². The van der Waals surface area contributed by atoms with Gasteiger partial charge in [-0.2, -0.15) is 8.42 Å². The molecule has 0 atom stereocenters. The summed E-state index contributed by atoms with van der Waals surface area (Å²) in [6.07, 6.45) is 2.48. The summed E-state index contributed by atoms with van der Waals surface area (Å²) in [7, 11) is -3.69. The van der Waals surface area contributed by atoms with Crippen LogP contribution in [0.1, 0.15) is 0 Å². The van der Waals surface area contributed by atoms with Crippen LogP contribution in [0, 0.1) is 0 Å². The van der Waals surface area contributed by atoms with Crippen LogP contribution in [-0.2, 0) is 10.0 Å². The number of hydrogen-bond acceptors (Lipinski definition) is 6. The minimum absolute atomic E-state index is 0.0326. The van der Waals surface area contributed by atoms with Crippen molar-refractivity contribution < 1.29 is 18.4 Å². The normalized spacial score (nSPS) is 12.1. The molecule has 1 aromatic carbocycles. The van der Waals surface area contributed by atoms with E-state index in [0.717, 1.165) is 0 Å². The van der Waals surface area contributed by atoms with Crippen LogP contribution in [0.15, 0.2) is 47.0 Å². The van der Waals surface area contributed by atoms with Crippen molar-refractivity contribution in [3.63, 3.8) is 0 Å². The van der Waals surface area contributed by atoms with E-state index in [4.69, 9.17) is 15.7 Å². The molecule has 5 N–H and O–H groups in total. The molecule has 0 aliphatic carbocycles. The zero-order chi connectivity index (χ0) is 15.3. The maximum Gasteiger partial charge on any atom is 0.278 e. The quantitative estimate of drug-likeness (QED) is 0.262. The van der Waals surface area contributed by atoms with E-state index in [1.54, 1.807) is 12.1 Å². The van der Waals surface area contributed by atoms with Crippen LogP contribution in [-0.4, -0.2) is 36.0 Å². The highest BCUT2D eigenvalue weighted by atomic mass is 32.2. The minimum atomic E-state index is -3.69. The van der Waals surface area contributed by atoms with E-state index in [9.17, 15) is 8.42 Å². The van der Waals surface area contributed by atoms with Gasteiger partial charge in [0.2, 0.25) is 0 Å². The Balaban J connectivity index is 2.03. The lowest BCUT2D eigenvalue weighted by molar-refractivity contribution is 0.306. The van der Waals surface area contributed by atoms with E-state index in [-0.39, 0.29) is 17.5 Å². The second kappa shape index (κ2) is 6.13. The molecule has 0 aliphatic heterocycles. The molecule has 10 heteroatoms. The monoisotopic (exact) mass is 311 g/mol. The summed E-state index contributed by atoms with van der Waals surface area (Å²) in [4.78, 5) is 6.17. The first-order valence-electron chi connectivity index (χ1n) is 5.72. The van der Waals surface area contributed by atoms with E-state index >= 15 is 0 Å². The smallest absolute Gasteiger partial charge is 0.278 e. The maximum atomic E-state index is 11.9. The number of aromatic amines is 1. The number of oxime groups is 1. The van der Waals surface area contributed by atoms with E-state index in [2.05, 4.69) is 19.8 Å². The Bertz CT molecular complexity index is 710. The number of rotatable bonds is 6. The van der Waals surface area contributed by atoms with E-state index < -0.39 is 10.0 Å². The van der Waals surface area contributed by atoms with Gasteiger partial charge in [-0.15, -0.1) is 0 Å². The predicted molar refractivity (Wildman–Crippen MR) is 74.7 cm³/mol. The molecule has 0 saturated heterocycles. The number of anilines is 1. The third-order valence-electron chi connectivity index (χ3n) is 2.38. The zero-order valence-electron chi connectivity index (χ0n) is 10.7. The number of aromatic nitrogens is 2. The van der Waals surface area contributed by atoms with Gasteiger partial charge < -0.3 is 20.7 Å². The van der Waals surface area contributed by atoms with Crippen molar-refractivity contribution in [2.24, 2.45) is 10.9 Å². The fourth-order valence-corrected chi connectivity index (χ4v) is 2.37. The van der Waals surface area contributed by atoms with Crippen molar-refractivity contribution in [2.45, 2.75) is 5.03 Å². The molecular formula is C11H13N5O4S. The molecule has 2 rings (SSSR count). The van der Waals surface area contributed by atoms with E-state index in [0.29, 0.717) is 11.4 Å². The highest BCUT2D eigenvalue weighted by molar-refractivity contribution is 7.92. The van der Waals surface area contributed by atoms with Gasteiger partial charge in [-0.3, -0.25) is 4.72 Å². The van der Waals surface area contributed by atoms with Crippen molar-refractivity contribution >= 4 is 21.5 Å². The molecule has 0 fully saturated rings. The van der Waals surface area contributed by atoms with Crippen molar-refractivity contribution in [2.75, 3.05) is 11.3 Å². The van der Waals surface area contributed by atoms with Gasteiger partial charge in [-0.05, 0) is 24.3 Å². The molecule has 0 saturated carbocycles. The van der Waals surface area contributed by atoms with Crippen molar-refractivity contribution in [1.82, 2.24) is 9.97 Å². The van der Waals surface area contributed by atoms with Gasteiger partial charge in [0.25, 0.3) is 10.0 Å². The molecule has 2 aromatic rings. The number of ether oxygens (including phenoxy) is 1. The minimum Gasteiger partial charge on any atom is -0.486 e. The first-order valence-corrected chi connectivity index (χ1v) is 7.20. The molecule has 21 heavy (non-hydrogen) atoms. The topological polar surface area (TPSA) is 143 Å². The number of nitrogens with two attached hydrogens (primary N) is 1. The Morgan fingerprint density at radius 1 is 1.43 bits per heavy atom. The average molecular weight is 311 g/mol. The first kappa shape index (κ1) is 14.7. The molecule has 0 unspecified atom stereocenters. The van der Waals surface area contributed by atoms with Gasteiger partial charge in [-0.25, -0.2) is 4.98 Å². The van der Waals surface area contributed by atoms with Gasteiger partial charge in [-0.1, -0.05) is 5.16 Å². The molecule has 1 heterocycles. The zero-order valence-corrected chi connectivity index (χ0v) is 11.5. The Morgan fingerprint density at radius 2 is 2.14 bits per heavy atom. The van der Waals surface area contributed by atoms with Gasteiger partial charge in [0.05, 0.1) is 12.5 Å². The van der Waals surface area contributed by atoms with Crippen molar-refractivity contribution in [3.8, 4) is 5.75 Å². The van der Waals surface area contributed by atoms with Crippen LogP contribution in [0.5, 0.6) is 5.75 Å². The standard InChI is InChI=1S/C11H13N5O4S/c12-10(15-17)6-20-9-3-1-8(2-4-9)16-21(18,19)11-5-13-7-14-11/h1-5,7,16-17H,6H2,(H2,12,15)(H,13,14). The fraction of sp³-hybridized carbons (Fsp3) is 0.0909. The molecule has 0 spiro atoms. The number of hydrogen-bond donors (Lipinski definition) is 4. The van der Waals surface area contributed by atoms with Crippen LogP contribution < -0.4 is 15.2 Å².